The molecule has 0 bridgehead atoms. The zero-order chi connectivity index (χ0) is 22.9. The van der Waals surface area contributed by atoms with E-state index in [4.69, 9.17) is 19.3 Å². The molecule has 1 aliphatic rings. The first kappa shape index (κ1) is 22.2. The number of methoxy groups -OCH3 is 2. The molecule has 32 heavy (non-hydrogen) atoms. The number of benzene rings is 3. The lowest BCUT2D eigenvalue weighted by Crippen LogP contribution is -2.37. The van der Waals surface area contributed by atoms with Crippen molar-refractivity contribution in [2.45, 2.75) is 23.7 Å². The second kappa shape index (κ2) is 8.48. The number of fused-ring (bicyclic) bond motifs is 1. The van der Waals surface area contributed by atoms with Crippen LogP contribution in [0.25, 0.3) is 11.1 Å². The molecule has 3 aromatic rings. The number of ketones is 1. The fourth-order valence-electron chi connectivity index (χ4n) is 3.99. The monoisotopic (exact) mass is 453 g/mol. The summed E-state index contributed by atoms with van der Waals surface area (Å²) in [6.45, 7) is 0. The summed E-state index contributed by atoms with van der Waals surface area (Å²) in [7, 11) is -1.14. The van der Waals surface area contributed by atoms with Crippen molar-refractivity contribution in [2.24, 2.45) is 5.14 Å². The Morgan fingerprint density at radius 1 is 0.844 bits per heavy atom. The maximum absolute atomic E-state index is 12.2. The number of carbonyl (C=O) groups excluding carboxylic acids is 1. The minimum Gasteiger partial charge on any atom is -0.435 e. The van der Waals surface area contributed by atoms with E-state index >= 15 is 0 Å². The highest BCUT2D eigenvalue weighted by Gasteiger charge is 2.37. The van der Waals surface area contributed by atoms with E-state index in [-0.39, 0.29) is 10.7 Å². The van der Waals surface area contributed by atoms with Crippen LogP contribution in [0.5, 0.6) is 5.75 Å². The van der Waals surface area contributed by atoms with Gasteiger partial charge in [-0.15, -0.1) is 0 Å². The van der Waals surface area contributed by atoms with E-state index in [0.717, 1.165) is 22.3 Å². The highest BCUT2D eigenvalue weighted by Crippen LogP contribution is 2.40. The molecule has 0 fully saturated rings. The van der Waals surface area contributed by atoms with E-state index in [1.165, 1.54) is 32.4 Å². The summed E-state index contributed by atoms with van der Waals surface area (Å²) in [6.07, 6.45) is 1.14. The number of primary sulfonamides is 1. The first-order valence-corrected chi connectivity index (χ1v) is 11.5. The lowest BCUT2D eigenvalue weighted by Gasteiger charge is -2.32. The van der Waals surface area contributed by atoms with Crippen molar-refractivity contribution in [1.82, 2.24) is 0 Å². The molecule has 0 spiro atoms. The number of rotatable bonds is 7. The molecule has 3 aromatic carbocycles. The number of sulfonamides is 1. The number of hydrogen-bond acceptors (Lipinski definition) is 6. The van der Waals surface area contributed by atoms with Gasteiger partial charge in [0.25, 0.3) is 0 Å². The summed E-state index contributed by atoms with van der Waals surface area (Å²) in [5.74, 6) is -1.15. The number of Topliss-reactive ketones (excluding diaryl/α,β-unsaturated/α-hetero) is 1. The molecular weight excluding hydrogens is 430 g/mol. The Labute approximate surface area is 186 Å². The summed E-state index contributed by atoms with van der Waals surface area (Å²) in [6, 6.07) is 18.9. The van der Waals surface area contributed by atoms with Crippen LogP contribution in [0, 0.1) is 0 Å². The predicted octanol–water partition coefficient (Wildman–Crippen LogP) is 3.61. The zero-order valence-electron chi connectivity index (χ0n) is 17.7. The number of hydrogen-bond donors (Lipinski definition) is 1. The first-order chi connectivity index (χ1) is 15.3. The molecule has 0 aliphatic heterocycles. The molecule has 0 radical (unpaired) electrons. The molecule has 0 heterocycles. The Bertz CT molecular complexity index is 1280. The Morgan fingerprint density at radius 3 is 2.22 bits per heavy atom. The van der Waals surface area contributed by atoms with Crippen LogP contribution in [-0.2, 0) is 31.9 Å². The Hall–Kier alpha value is -3.04. The van der Waals surface area contributed by atoms with Crippen molar-refractivity contribution >= 4 is 15.8 Å². The van der Waals surface area contributed by atoms with Crippen LogP contribution in [0.2, 0.25) is 0 Å². The third kappa shape index (κ3) is 3.93. The quantitative estimate of drug-likeness (QED) is 0.548. The molecule has 0 unspecified atom stereocenters. The normalized spacial score (nSPS) is 13.8. The topological polar surface area (TPSA) is 105 Å². The van der Waals surface area contributed by atoms with Crippen LogP contribution in [0.4, 0.5) is 0 Å². The van der Waals surface area contributed by atoms with Crippen molar-refractivity contribution in [2.75, 3.05) is 14.2 Å². The average Bonchev–Trinajstić information content (AvgIpc) is 3.18. The fourth-order valence-corrected chi connectivity index (χ4v) is 4.55. The number of para-hydroxylation sites is 1. The molecular formula is C24H23NO6S. The standard InChI is InChI=1S/C24H23NO6S/c1-29-24(30-2,16-7-5-8-17(15-16)32(25,27)28)31-23-12-4-3-9-21(23)18-10-6-11-20-19(18)13-14-22(20)26/h3-12,15H,13-14H2,1-2H3,(H2,25,27,28). The number of ether oxygens (including phenoxy) is 3. The van der Waals surface area contributed by atoms with Gasteiger partial charge in [-0.2, -0.15) is 0 Å². The van der Waals surface area contributed by atoms with Gasteiger partial charge in [0.2, 0.25) is 10.0 Å². The molecule has 0 saturated carbocycles. The van der Waals surface area contributed by atoms with E-state index in [0.29, 0.717) is 24.2 Å². The van der Waals surface area contributed by atoms with Gasteiger partial charge in [0.1, 0.15) is 5.75 Å². The smallest absolute Gasteiger partial charge is 0.355 e. The largest absolute Gasteiger partial charge is 0.435 e. The highest BCUT2D eigenvalue weighted by atomic mass is 32.2. The second-order valence-corrected chi connectivity index (χ2v) is 8.95. The summed E-state index contributed by atoms with van der Waals surface area (Å²) in [5, 5.41) is 5.29. The lowest BCUT2D eigenvalue weighted by molar-refractivity contribution is -0.333. The summed E-state index contributed by atoms with van der Waals surface area (Å²) in [4.78, 5) is 12.1. The van der Waals surface area contributed by atoms with Crippen molar-refractivity contribution in [3.63, 3.8) is 0 Å². The van der Waals surface area contributed by atoms with Gasteiger partial charge in [0.05, 0.1) is 10.5 Å². The molecule has 1 aliphatic carbocycles. The highest BCUT2D eigenvalue weighted by molar-refractivity contribution is 7.89. The van der Waals surface area contributed by atoms with Gasteiger partial charge >= 0.3 is 5.97 Å². The number of nitrogens with two attached hydrogens (primary N) is 1. The van der Waals surface area contributed by atoms with Crippen molar-refractivity contribution in [1.29, 1.82) is 0 Å². The molecule has 7 nitrogen and oxygen atoms in total. The van der Waals surface area contributed by atoms with Gasteiger partial charge in [0.15, 0.2) is 5.78 Å². The van der Waals surface area contributed by atoms with Gasteiger partial charge < -0.3 is 14.2 Å². The summed E-state index contributed by atoms with van der Waals surface area (Å²) >= 11 is 0. The Kier molecular flexibility index (Phi) is 5.87. The van der Waals surface area contributed by atoms with Crippen molar-refractivity contribution < 1.29 is 27.4 Å². The van der Waals surface area contributed by atoms with E-state index < -0.39 is 16.0 Å². The lowest BCUT2D eigenvalue weighted by atomic mass is 9.96. The van der Waals surface area contributed by atoms with Gasteiger partial charge in [-0.1, -0.05) is 42.5 Å². The third-order valence-electron chi connectivity index (χ3n) is 5.55. The summed E-state index contributed by atoms with van der Waals surface area (Å²) in [5.41, 5.74) is 3.67. The van der Waals surface area contributed by atoms with Crippen molar-refractivity contribution in [3.8, 4) is 16.9 Å². The second-order valence-electron chi connectivity index (χ2n) is 7.39. The molecule has 0 saturated heterocycles. The number of carbonyl (C=O) groups is 1. The van der Waals surface area contributed by atoms with Crippen LogP contribution >= 0.6 is 0 Å². The molecule has 0 aromatic heterocycles. The molecule has 166 valence electrons. The van der Waals surface area contributed by atoms with Crippen LogP contribution in [0.15, 0.2) is 71.6 Å². The molecule has 0 amide bonds. The first-order valence-electron chi connectivity index (χ1n) is 9.96. The van der Waals surface area contributed by atoms with E-state index in [1.807, 2.05) is 36.4 Å². The van der Waals surface area contributed by atoms with E-state index in [9.17, 15) is 13.2 Å². The van der Waals surface area contributed by atoms with E-state index in [2.05, 4.69) is 0 Å². The minimum absolute atomic E-state index is 0.0928. The SMILES string of the molecule is COC(OC)(Oc1ccccc1-c1cccc2c1CCC2=O)c1cccc(S(N)(=O)=O)c1. The average molecular weight is 454 g/mol. The van der Waals surface area contributed by atoms with Gasteiger partial charge in [-0.3, -0.25) is 4.79 Å². The fraction of sp³-hybridized carbons (Fsp3) is 0.208. The van der Waals surface area contributed by atoms with E-state index in [1.54, 1.807) is 12.1 Å². The van der Waals surface area contributed by atoms with Gasteiger partial charge in [0, 0.05) is 31.8 Å². The third-order valence-corrected chi connectivity index (χ3v) is 6.46. The molecule has 0 atom stereocenters. The summed E-state index contributed by atoms with van der Waals surface area (Å²) < 4.78 is 41.2. The molecule has 4 rings (SSSR count). The minimum atomic E-state index is -3.94. The van der Waals surface area contributed by atoms with Crippen LogP contribution in [0.3, 0.4) is 0 Å². The van der Waals surface area contributed by atoms with Crippen LogP contribution in [0.1, 0.15) is 27.9 Å². The van der Waals surface area contributed by atoms with Crippen molar-refractivity contribution in [3.05, 3.63) is 83.4 Å². The Morgan fingerprint density at radius 2 is 1.50 bits per heavy atom. The maximum Gasteiger partial charge on any atom is 0.355 e. The maximum atomic E-state index is 12.2. The van der Waals surface area contributed by atoms with Crippen LogP contribution < -0.4 is 9.88 Å². The molecule has 8 heteroatoms. The van der Waals surface area contributed by atoms with Gasteiger partial charge in [-0.05, 0) is 41.8 Å². The zero-order valence-corrected chi connectivity index (χ0v) is 18.5. The molecule has 2 N–H and O–H groups in total. The predicted molar refractivity (Wildman–Crippen MR) is 119 cm³/mol. The van der Waals surface area contributed by atoms with Crippen LogP contribution in [-0.4, -0.2) is 28.4 Å². The van der Waals surface area contributed by atoms with Gasteiger partial charge in [-0.25, -0.2) is 13.6 Å². The Balaban J connectivity index is 1.82.